The molecule has 3 N–H and O–H groups in total. The summed E-state index contributed by atoms with van der Waals surface area (Å²) < 4.78 is 8.08. The molecule has 0 aliphatic carbocycles. The van der Waals surface area contributed by atoms with Crippen LogP contribution in [0.5, 0.6) is 0 Å². The van der Waals surface area contributed by atoms with E-state index in [1.807, 2.05) is 22.9 Å². The molecule has 0 unspecified atom stereocenters. The Kier molecular flexibility index (Phi) is 6.68. The molecule has 4 rings (SSSR count). The van der Waals surface area contributed by atoms with Gasteiger partial charge in [0.2, 0.25) is 0 Å². The third-order valence-corrected chi connectivity index (χ3v) is 7.75. The van der Waals surface area contributed by atoms with E-state index in [0.29, 0.717) is 33.5 Å². The van der Waals surface area contributed by atoms with Gasteiger partial charge in [0.05, 0.1) is 22.0 Å². The van der Waals surface area contributed by atoms with Crippen LogP contribution in [0, 0.1) is 0 Å². The molecule has 3 heterocycles. The number of halogens is 2. The summed E-state index contributed by atoms with van der Waals surface area (Å²) in [6.45, 7) is 7.79. The molecule has 0 saturated carbocycles. The number of nitrogens with one attached hydrogen (secondary N) is 1. The molecule has 0 fully saturated rings. The third-order valence-electron chi connectivity index (χ3n) is 5.50. The molecule has 3 aromatic heterocycles. The number of pyridine rings is 1. The van der Waals surface area contributed by atoms with Gasteiger partial charge in [-0.2, -0.15) is 0 Å². The molecule has 0 bridgehead atoms. The molecule has 0 saturated heterocycles. The van der Waals surface area contributed by atoms with Gasteiger partial charge in [0.15, 0.2) is 0 Å². The van der Waals surface area contributed by atoms with Crippen molar-refractivity contribution in [3.05, 3.63) is 64.4 Å². The smallest absolute Gasteiger partial charge is 0.250 e. The molecule has 0 aliphatic rings. The maximum Gasteiger partial charge on any atom is 0.250 e. The average molecular weight is 501 g/mol. The van der Waals surface area contributed by atoms with E-state index in [9.17, 15) is 4.79 Å². The lowest BCUT2D eigenvalue weighted by Crippen LogP contribution is -2.22. The summed E-state index contributed by atoms with van der Waals surface area (Å²) >= 11 is 12.7. The Morgan fingerprint density at radius 1 is 1.15 bits per heavy atom. The Balaban J connectivity index is 1.90. The predicted molar refractivity (Wildman–Crippen MR) is 138 cm³/mol. The molecular formula is C24H26Cl2N4O2Si. The van der Waals surface area contributed by atoms with Gasteiger partial charge in [-0.15, -0.1) is 0 Å². The first-order valence-electron chi connectivity index (χ1n) is 10.6. The number of hydrogen-bond acceptors (Lipinski definition) is 3. The summed E-state index contributed by atoms with van der Waals surface area (Å²) in [5.74, 6) is -0.544. The molecule has 1 aromatic carbocycles. The van der Waals surface area contributed by atoms with Gasteiger partial charge in [0.1, 0.15) is 12.4 Å². The molecule has 6 nitrogen and oxygen atoms in total. The van der Waals surface area contributed by atoms with E-state index in [1.54, 1.807) is 30.5 Å². The summed E-state index contributed by atoms with van der Waals surface area (Å²) in [4.78, 5) is 20.1. The van der Waals surface area contributed by atoms with Crippen LogP contribution in [0.25, 0.3) is 33.5 Å². The highest BCUT2D eigenvalue weighted by atomic mass is 35.5. The number of aromatic amines is 1. The second-order valence-corrected chi connectivity index (χ2v) is 15.6. The van der Waals surface area contributed by atoms with E-state index in [1.165, 1.54) is 0 Å². The number of amides is 1. The number of H-pyrrole nitrogens is 1. The Morgan fingerprint density at radius 3 is 2.64 bits per heavy atom. The van der Waals surface area contributed by atoms with E-state index < -0.39 is 14.0 Å². The van der Waals surface area contributed by atoms with Crippen LogP contribution in [0.4, 0.5) is 0 Å². The molecule has 172 valence electrons. The maximum atomic E-state index is 12.5. The van der Waals surface area contributed by atoms with E-state index in [4.69, 9.17) is 33.7 Å². The quantitative estimate of drug-likeness (QED) is 0.216. The number of benzene rings is 1. The number of hydrogen-bond donors (Lipinski definition) is 2. The SMILES string of the molecule is C[Si](C)(C)CCOCn1c(-c2ccnc3[nH]ccc23)cc(C(N)=O)c1-c1ccc(Cl)cc1Cl. The number of primary amides is 1. The zero-order chi connectivity index (χ0) is 23.8. The predicted octanol–water partition coefficient (Wildman–Crippen LogP) is 6.42. The average Bonchev–Trinajstić information content (AvgIpc) is 3.35. The van der Waals surface area contributed by atoms with Crippen LogP contribution in [0.15, 0.2) is 48.8 Å². The molecule has 4 aromatic rings. The van der Waals surface area contributed by atoms with E-state index in [-0.39, 0.29) is 6.73 Å². The first kappa shape index (κ1) is 23.6. The standard InChI is InChI=1S/C24H26Cl2N4O2Si/c1-33(2,3)11-10-32-14-30-21(16-6-8-28-24-17(16)7-9-29-24)13-19(23(27)31)22(30)18-5-4-15(25)12-20(18)26/h4-9,12-13H,10-11,14H2,1-3H3,(H2,27,31)(H,28,29). The van der Waals surface area contributed by atoms with E-state index in [2.05, 4.69) is 29.6 Å². The molecule has 33 heavy (non-hydrogen) atoms. The van der Waals surface area contributed by atoms with Gasteiger partial charge in [-0.1, -0.05) is 42.8 Å². The molecule has 0 radical (unpaired) electrons. The van der Waals surface area contributed by atoms with Crippen molar-refractivity contribution in [3.8, 4) is 22.5 Å². The highest BCUT2D eigenvalue weighted by molar-refractivity contribution is 6.76. The topological polar surface area (TPSA) is 85.9 Å². The van der Waals surface area contributed by atoms with Crippen molar-refractivity contribution in [2.75, 3.05) is 6.61 Å². The van der Waals surface area contributed by atoms with Gasteiger partial charge < -0.3 is 20.0 Å². The van der Waals surface area contributed by atoms with Crippen LogP contribution in [0.3, 0.4) is 0 Å². The van der Waals surface area contributed by atoms with Crippen LogP contribution in [-0.4, -0.2) is 35.1 Å². The van der Waals surface area contributed by atoms with Gasteiger partial charge in [-0.05, 0) is 42.4 Å². The number of fused-ring (bicyclic) bond motifs is 1. The second kappa shape index (κ2) is 9.35. The Bertz CT molecular complexity index is 1320. The number of aromatic nitrogens is 3. The summed E-state index contributed by atoms with van der Waals surface area (Å²) in [5, 5.41) is 1.87. The number of carbonyl (C=O) groups excluding carboxylic acids is 1. The van der Waals surface area contributed by atoms with Crippen LogP contribution >= 0.6 is 23.2 Å². The number of nitrogens with two attached hydrogens (primary N) is 1. The summed E-state index contributed by atoms with van der Waals surface area (Å²) in [6.07, 6.45) is 3.57. The second-order valence-electron chi connectivity index (χ2n) is 9.15. The van der Waals surface area contributed by atoms with Gasteiger partial charge in [0, 0.05) is 48.6 Å². The van der Waals surface area contributed by atoms with Crippen molar-refractivity contribution in [1.29, 1.82) is 0 Å². The van der Waals surface area contributed by atoms with Crippen molar-refractivity contribution in [2.24, 2.45) is 5.73 Å². The minimum absolute atomic E-state index is 0.246. The summed E-state index contributed by atoms with van der Waals surface area (Å²) in [5.41, 5.74) is 9.91. The fraction of sp³-hybridized carbons (Fsp3) is 0.250. The number of ether oxygens (including phenoxy) is 1. The van der Waals surface area contributed by atoms with Crippen molar-refractivity contribution >= 4 is 48.2 Å². The maximum absolute atomic E-state index is 12.5. The molecule has 9 heteroatoms. The minimum atomic E-state index is -1.26. The first-order valence-corrected chi connectivity index (χ1v) is 15.1. The van der Waals surface area contributed by atoms with Crippen LogP contribution in [0.2, 0.25) is 35.7 Å². The van der Waals surface area contributed by atoms with Crippen molar-refractivity contribution < 1.29 is 9.53 Å². The molecule has 0 atom stereocenters. The molecule has 1 amide bonds. The monoisotopic (exact) mass is 500 g/mol. The fourth-order valence-corrected chi connectivity index (χ4v) is 5.04. The number of carbonyl (C=O) groups is 1. The number of nitrogens with zero attached hydrogens (tertiary/aromatic N) is 2. The van der Waals surface area contributed by atoms with E-state index >= 15 is 0 Å². The lowest BCUT2D eigenvalue weighted by molar-refractivity contribution is 0.0893. The summed E-state index contributed by atoms with van der Waals surface area (Å²) in [6, 6.07) is 11.9. The minimum Gasteiger partial charge on any atom is -0.366 e. The van der Waals surface area contributed by atoms with Gasteiger partial charge in [-0.25, -0.2) is 4.98 Å². The van der Waals surface area contributed by atoms with Gasteiger partial charge >= 0.3 is 0 Å². The van der Waals surface area contributed by atoms with Gasteiger partial charge in [0.25, 0.3) is 5.91 Å². The summed E-state index contributed by atoms with van der Waals surface area (Å²) in [7, 11) is -1.26. The highest BCUT2D eigenvalue weighted by Crippen LogP contribution is 2.39. The molecular weight excluding hydrogens is 475 g/mol. The molecule has 0 spiro atoms. The van der Waals surface area contributed by atoms with Crippen LogP contribution < -0.4 is 5.73 Å². The normalized spacial score (nSPS) is 11.9. The Labute approximate surface area is 203 Å². The first-order chi connectivity index (χ1) is 15.7. The Hall–Kier alpha value is -2.58. The van der Waals surface area contributed by atoms with E-state index in [0.717, 1.165) is 28.3 Å². The highest BCUT2D eigenvalue weighted by Gasteiger charge is 2.24. The van der Waals surface area contributed by atoms with Crippen molar-refractivity contribution in [3.63, 3.8) is 0 Å². The lowest BCUT2D eigenvalue weighted by atomic mass is 10.1. The van der Waals surface area contributed by atoms with Crippen LogP contribution in [-0.2, 0) is 11.5 Å². The zero-order valence-electron chi connectivity index (χ0n) is 18.8. The number of rotatable bonds is 8. The largest absolute Gasteiger partial charge is 0.366 e. The van der Waals surface area contributed by atoms with Crippen molar-refractivity contribution in [1.82, 2.24) is 14.5 Å². The molecule has 0 aliphatic heterocycles. The Morgan fingerprint density at radius 2 is 1.94 bits per heavy atom. The fourth-order valence-electron chi connectivity index (χ4n) is 3.78. The van der Waals surface area contributed by atoms with Gasteiger partial charge in [-0.3, -0.25) is 4.79 Å². The van der Waals surface area contributed by atoms with Crippen molar-refractivity contribution in [2.45, 2.75) is 32.4 Å². The van der Waals surface area contributed by atoms with Crippen LogP contribution in [0.1, 0.15) is 10.4 Å². The zero-order valence-corrected chi connectivity index (χ0v) is 21.3. The third kappa shape index (κ3) is 5.01. The lowest BCUT2D eigenvalue weighted by Gasteiger charge is -2.19.